The Bertz CT molecular complexity index is 721. The predicted octanol–water partition coefficient (Wildman–Crippen LogP) is 4.98. The average Bonchev–Trinajstić information content (AvgIpc) is 3.57. The molecule has 4 heteroatoms. The molecule has 2 aromatic carbocycles. The van der Waals surface area contributed by atoms with Crippen molar-refractivity contribution in [2.75, 3.05) is 20.1 Å². The number of allylic oxidation sites excluding steroid dienone is 2. The topological polar surface area (TPSA) is 41.3 Å². The highest BCUT2D eigenvalue weighted by Gasteiger charge is 2.32. The van der Waals surface area contributed by atoms with E-state index in [0.717, 1.165) is 30.6 Å². The Balaban J connectivity index is 0.000000499. The van der Waals surface area contributed by atoms with E-state index in [-0.39, 0.29) is 0 Å². The number of nitrogens with zero attached hydrogens (tertiary/aromatic N) is 1. The van der Waals surface area contributed by atoms with Gasteiger partial charge in [-0.2, -0.15) is 4.58 Å². The molecule has 3 rings (SSSR count). The van der Waals surface area contributed by atoms with Gasteiger partial charge in [-0.05, 0) is 33.0 Å². The van der Waals surface area contributed by atoms with Crippen LogP contribution in [-0.2, 0) is 16.1 Å². The van der Waals surface area contributed by atoms with Gasteiger partial charge in [-0.25, -0.2) is 0 Å². The Hall–Kier alpha value is -2.72. The lowest BCUT2D eigenvalue weighted by Gasteiger charge is -2.02. The highest BCUT2D eigenvalue weighted by atomic mass is 16.5. The van der Waals surface area contributed by atoms with Gasteiger partial charge in [0.25, 0.3) is 0 Å². The first kappa shape index (κ1) is 26.3. The first-order chi connectivity index (χ1) is 14.2. The summed E-state index contributed by atoms with van der Waals surface area (Å²) in [5.41, 5.74) is 3.28. The van der Waals surface area contributed by atoms with Crippen LogP contribution in [-0.4, -0.2) is 37.2 Å². The van der Waals surface area contributed by atoms with Crippen LogP contribution in [0.4, 0.5) is 0 Å². The minimum absolute atomic E-state index is 0.422. The van der Waals surface area contributed by atoms with E-state index in [1.165, 1.54) is 5.56 Å². The van der Waals surface area contributed by atoms with Gasteiger partial charge in [-0.3, -0.25) is 4.79 Å². The maximum atomic E-state index is 10.8. The molecule has 0 amide bonds. The van der Waals surface area contributed by atoms with Crippen LogP contribution < -0.4 is 5.32 Å². The molecule has 0 atom stereocenters. The van der Waals surface area contributed by atoms with Crippen molar-refractivity contribution in [2.24, 2.45) is 0 Å². The molecule has 2 aromatic rings. The molecule has 1 N–H and O–H groups in total. The third-order valence-electron chi connectivity index (χ3n) is 3.75. The van der Waals surface area contributed by atoms with Crippen LogP contribution in [0.25, 0.3) is 0 Å². The van der Waals surface area contributed by atoms with Crippen molar-refractivity contribution in [1.29, 1.82) is 0 Å². The van der Waals surface area contributed by atoms with Gasteiger partial charge < -0.3 is 10.1 Å². The molecule has 0 saturated heterocycles. The number of ether oxygens (including phenoxy) is 1. The molecular weight excluding hydrogens is 360 g/mol. The molecule has 1 aliphatic rings. The zero-order valence-electron chi connectivity index (χ0n) is 18.8. The molecule has 0 aromatic heterocycles. The molecule has 1 aliphatic heterocycles. The van der Waals surface area contributed by atoms with E-state index in [0.29, 0.717) is 12.4 Å². The SMILES string of the molecule is CC.CCNC.CC[N+]1=CC/1=C(\C=O)OCc1ccccc1.Cc1ccccc1. The molecule has 0 unspecified atom stereocenters. The van der Waals surface area contributed by atoms with Crippen molar-refractivity contribution in [2.45, 2.75) is 41.2 Å². The van der Waals surface area contributed by atoms with Crippen molar-refractivity contribution < 1.29 is 14.1 Å². The summed E-state index contributed by atoms with van der Waals surface area (Å²) in [5, 5.41) is 2.93. The molecule has 1 heterocycles. The zero-order chi connectivity index (χ0) is 21.9. The van der Waals surface area contributed by atoms with Gasteiger partial charge in [-0.1, -0.05) is 87.0 Å². The highest BCUT2D eigenvalue weighted by Crippen LogP contribution is 2.15. The van der Waals surface area contributed by atoms with E-state index in [4.69, 9.17) is 4.74 Å². The molecule has 4 nitrogen and oxygen atoms in total. The summed E-state index contributed by atoms with van der Waals surface area (Å²) in [6, 6.07) is 20.1. The largest absolute Gasteiger partial charge is 0.480 e. The molecule has 158 valence electrons. The third kappa shape index (κ3) is 12.4. The lowest BCUT2D eigenvalue weighted by molar-refractivity contribution is -0.401. The van der Waals surface area contributed by atoms with Gasteiger partial charge in [-0.15, -0.1) is 0 Å². The Morgan fingerprint density at radius 3 is 1.86 bits per heavy atom. The monoisotopic (exact) mass is 397 g/mol. The standard InChI is InChI=1S/C13H14NO2.C7H8.C3H9N.C2H6/c1-2-14-8-12(14)13(9-15)16-10-11-6-4-3-5-7-11;1-7-5-3-2-4-6-7;1-3-4-2;1-2/h3-9H,2,10H2,1H3;2-6H,1H3;4H,3H2,1-2H3;1-2H3/q+1;;;/b13-12-;;;. The Morgan fingerprint density at radius 1 is 1.00 bits per heavy atom. The summed E-state index contributed by atoms with van der Waals surface area (Å²) in [4.78, 5) is 10.8. The van der Waals surface area contributed by atoms with Crippen molar-refractivity contribution >= 4 is 12.5 Å². The van der Waals surface area contributed by atoms with Crippen LogP contribution in [0.1, 0.15) is 38.8 Å². The van der Waals surface area contributed by atoms with Crippen molar-refractivity contribution in [3.63, 3.8) is 0 Å². The lowest BCUT2D eigenvalue weighted by Crippen LogP contribution is -2.01. The summed E-state index contributed by atoms with van der Waals surface area (Å²) in [6.45, 7) is 12.6. The van der Waals surface area contributed by atoms with Crippen LogP contribution in [0.5, 0.6) is 0 Å². The molecule has 0 saturated carbocycles. The maximum absolute atomic E-state index is 10.8. The van der Waals surface area contributed by atoms with Crippen molar-refractivity contribution in [3.8, 4) is 0 Å². The maximum Gasteiger partial charge on any atom is 0.315 e. The molecule has 0 spiro atoms. The number of rotatable bonds is 6. The zero-order valence-corrected chi connectivity index (χ0v) is 18.8. The quantitative estimate of drug-likeness (QED) is 0.324. The third-order valence-corrected chi connectivity index (χ3v) is 3.75. The Labute approximate surface area is 176 Å². The average molecular weight is 398 g/mol. The minimum atomic E-state index is 0.422. The lowest BCUT2D eigenvalue weighted by atomic mass is 10.2. The number of aryl methyl sites for hydroxylation is 1. The molecule has 0 fully saturated rings. The minimum Gasteiger partial charge on any atom is -0.480 e. The fraction of sp³-hybridized carbons (Fsp3) is 0.360. The summed E-state index contributed by atoms with van der Waals surface area (Å²) in [6.07, 6.45) is 2.68. The highest BCUT2D eigenvalue weighted by molar-refractivity contribution is 5.89. The van der Waals surface area contributed by atoms with Gasteiger partial charge in [0.05, 0.1) is 0 Å². The molecular formula is C25H37N2O2+. The van der Waals surface area contributed by atoms with Crippen LogP contribution in [0.2, 0.25) is 0 Å². The van der Waals surface area contributed by atoms with E-state index in [2.05, 4.69) is 31.3 Å². The first-order valence-electron chi connectivity index (χ1n) is 10.3. The Kier molecular flexibility index (Phi) is 15.8. The molecule has 29 heavy (non-hydrogen) atoms. The second kappa shape index (κ2) is 17.4. The van der Waals surface area contributed by atoms with E-state index in [1.807, 2.05) is 87.1 Å². The number of hydrogen-bond donors (Lipinski definition) is 1. The number of benzene rings is 2. The first-order valence-corrected chi connectivity index (χ1v) is 10.3. The fourth-order valence-electron chi connectivity index (χ4n) is 2.02. The van der Waals surface area contributed by atoms with E-state index < -0.39 is 0 Å². The van der Waals surface area contributed by atoms with Crippen LogP contribution in [0.15, 0.2) is 72.1 Å². The number of hydrogen-bond acceptors (Lipinski definition) is 3. The number of carbonyl (C=O) groups is 1. The fourth-order valence-corrected chi connectivity index (χ4v) is 2.02. The van der Waals surface area contributed by atoms with Crippen LogP contribution in [0, 0.1) is 6.92 Å². The molecule has 0 bridgehead atoms. The number of nitrogens with one attached hydrogen (secondary N) is 1. The van der Waals surface area contributed by atoms with Gasteiger partial charge in [0, 0.05) is 0 Å². The molecule has 0 radical (unpaired) electrons. The summed E-state index contributed by atoms with van der Waals surface area (Å²) in [7, 11) is 1.93. The van der Waals surface area contributed by atoms with Crippen LogP contribution >= 0.6 is 0 Å². The second-order valence-electron chi connectivity index (χ2n) is 5.92. The summed E-state index contributed by atoms with van der Waals surface area (Å²) >= 11 is 0. The molecule has 0 aliphatic carbocycles. The Morgan fingerprint density at radius 2 is 1.52 bits per heavy atom. The van der Waals surface area contributed by atoms with Crippen LogP contribution in [0.3, 0.4) is 0 Å². The second-order valence-corrected chi connectivity index (χ2v) is 5.92. The smallest absolute Gasteiger partial charge is 0.315 e. The van der Waals surface area contributed by atoms with Gasteiger partial charge in [0.1, 0.15) is 13.2 Å². The number of aldehydes is 1. The number of carbonyl (C=O) groups excluding carboxylic acids is 1. The van der Waals surface area contributed by atoms with Gasteiger partial charge in [0.2, 0.25) is 12.0 Å². The van der Waals surface area contributed by atoms with E-state index in [1.54, 1.807) is 0 Å². The van der Waals surface area contributed by atoms with E-state index in [9.17, 15) is 4.79 Å². The summed E-state index contributed by atoms with van der Waals surface area (Å²) < 4.78 is 7.45. The van der Waals surface area contributed by atoms with E-state index >= 15 is 0 Å². The van der Waals surface area contributed by atoms with Gasteiger partial charge in [0.15, 0.2) is 6.29 Å². The van der Waals surface area contributed by atoms with Crippen molar-refractivity contribution in [3.05, 3.63) is 83.2 Å². The van der Waals surface area contributed by atoms with Gasteiger partial charge >= 0.3 is 5.70 Å². The normalized spacial score (nSPS) is 12.4. The summed E-state index contributed by atoms with van der Waals surface area (Å²) in [5.74, 6) is 0.422. The van der Waals surface area contributed by atoms with Crippen molar-refractivity contribution in [1.82, 2.24) is 5.32 Å². The predicted molar refractivity (Wildman–Crippen MR) is 123 cm³/mol.